The Labute approximate surface area is 258 Å². The monoisotopic (exact) mass is 598 g/mol. The van der Waals surface area contributed by atoms with E-state index in [9.17, 15) is 9.59 Å². The van der Waals surface area contributed by atoms with Gasteiger partial charge in [0.15, 0.2) is 0 Å². The summed E-state index contributed by atoms with van der Waals surface area (Å²) < 4.78 is 10.9. The van der Waals surface area contributed by atoms with E-state index in [0.29, 0.717) is 44.2 Å². The van der Waals surface area contributed by atoms with Crippen molar-refractivity contribution >= 4 is 34.2 Å². The first kappa shape index (κ1) is 30.7. The second-order valence-corrected chi connectivity index (χ2v) is 11.4. The predicted octanol–water partition coefficient (Wildman–Crippen LogP) is 4.89. The first-order valence-corrected chi connectivity index (χ1v) is 14.9. The SMILES string of the molecule is COc1ccc(N2CCN(C(=O)NC(C(=O)Nc3cc(CN(C)C)ccc3OC)C(C)c3c[nH]c4ccccc34)CC2)cc1. The van der Waals surface area contributed by atoms with Crippen LogP contribution in [0.5, 0.6) is 11.5 Å². The number of ether oxygens (including phenoxy) is 2. The Morgan fingerprint density at radius 3 is 2.36 bits per heavy atom. The van der Waals surface area contributed by atoms with Crippen molar-refractivity contribution < 1.29 is 19.1 Å². The van der Waals surface area contributed by atoms with Crippen molar-refractivity contribution in [2.75, 3.05) is 64.7 Å². The lowest BCUT2D eigenvalue weighted by Crippen LogP contribution is -2.56. The van der Waals surface area contributed by atoms with Crippen LogP contribution in [0.25, 0.3) is 10.9 Å². The van der Waals surface area contributed by atoms with Crippen LogP contribution in [0.3, 0.4) is 0 Å². The molecule has 0 saturated carbocycles. The molecule has 10 heteroatoms. The number of urea groups is 1. The van der Waals surface area contributed by atoms with Gasteiger partial charge in [-0.3, -0.25) is 4.79 Å². The molecular formula is C34H42N6O4. The highest BCUT2D eigenvalue weighted by molar-refractivity contribution is 5.99. The molecule has 0 bridgehead atoms. The van der Waals surface area contributed by atoms with Gasteiger partial charge in [-0.15, -0.1) is 0 Å². The highest BCUT2D eigenvalue weighted by Gasteiger charge is 2.32. The van der Waals surface area contributed by atoms with E-state index in [-0.39, 0.29) is 17.9 Å². The van der Waals surface area contributed by atoms with Crippen LogP contribution < -0.4 is 25.0 Å². The van der Waals surface area contributed by atoms with Crippen molar-refractivity contribution in [1.29, 1.82) is 0 Å². The highest BCUT2D eigenvalue weighted by atomic mass is 16.5. The number of carbonyl (C=O) groups is 2. The van der Waals surface area contributed by atoms with E-state index in [4.69, 9.17) is 9.47 Å². The van der Waals surface area contributed by atoms with Crippen LogP contribution in [0, 0.1) is 0 Å². The van der Waals surface area contributed by atoms with E-state index in [1.54, 1.807) is 19.1 Å². The molecule has 1 fully saturated rings. The fraction of sp³-hybridized carbons (Fsp3) is 0.353. The molecule has 1 aliphatic rings. The number of anilines is 2. The van der Waals surface area contributed by atoms with Gasteiger partial charge in [0.25, 0.3) is 0 Å². The molecule has 2 heterocycles. The molecule has 2 unspecified atom stereocenters. The smallest absolute Gasteiger partial charge is 0.318 e. The molecule has 44 heavy (non-hydrogen) atoms. The van der Waals surface area contributed by atoms with Gasteiger partial charge in [0.2, 0.25) is 5.91 Å². The first-order valence-electron chi connectivity index (χ1n) is 14.9. The normalized spacial score (nSPS) is 14.8. The minimum absolute atomic E-state index is 0.264. The summed E-state index contributed by atoms with van der Waals surface area (Å²) in [5, 5.41) is 7.18. The molecule has 4 aromatic rings. The fourth-order valence-electron chi connectivity index (χ4n) is 5.78. The van der Waals surface area contributed by atoms with E-state index < -0.39 is 6.04 Å². The number of fused-ring (bicyclic) bond motifs is 1. The average molecular weight is 599 g/mol. The summed E-state index contributed by atoms with van der Waals surface area (Å²) in [5.74, 6) is 0.725. The predicted molar refractivity (Wildman–Crippen MR) is 175 cm³/mol. The summed E-state index contributed by atoms with van der Waals surface area (Å²) >= 11 is 0. The molecule has 1 aromatic heterocycles. The third-order valence-corrected chi connectivity index (χ3v) is 8.20. The number of piperazine rings is 1. The molecule has 232 valence electrons. The molecule has 0 radical (unpaired) electrons. The number of benzene rings is 3. The number of nitrogens with one attached hydrogen (secondary N) is 3. The molecule has 1 aliphatic heterocycles. The molecule has 10 nitrogen and oxygen atoms in total. The molecule has 2 atom stereocenters. The lowest BCUT2D eigenvalue weighted by Gasteiger charge is -2.37. The van der Waals surface area contributed by atoms with Crippen molar-refractivity contribution in [2.24, 2.45) is 0 Å². The summed E-state index contributed by atoms with van der Waals surface area (Å²) in [6, 6.07) is 20.6. The van der Waals surface area contributed by atoms with Crippen molar-refractivity contribution in [3.8, 4) is 11.5 Å². The summed E-state index contributed by atoms with van der Waals surface area (Å²) in [5.41, 5.74) is 4.62. The van der Waals surface area contributed by atoms with Gasteiger partial charge < -0.3 is 39.8 Å². The Hall–Kier alpha value is -4.70. The zero-order chi connectivity index (χ0) is 31.2. The van der Waals surface area contributed by atoms with E-state index in [0.717, 1.165) is 33.5 Å². The Balaban J connectivity index is 1.35. The van der Waals surface area contributed by atoms with Gasteiger partial charge >= 0.3 is 6.03 Å². The largest absolute Gasteiger partial charge is 0.497 e. The quantitative estimate of drug-likeness (QED) is 0.240. The molecule has 5 rings (SSSR count). The second-order valence-electron chi connectivity index (χ2n) is 11.4. The number of aromatic nitrogens is 1. The number of hydrogen-bond acceptors (Lipinski definition) is 6. The third kappa shape index (κ3) is 6.92. The number of H-pyrrole nitrogens is 1. The molecule has 3 amide bonds. The maximum Gasteiger partial charge on any atom is 0.318 e. The molecular weight excluding hydrogens is 556 g/mol. The van der Waals surface area contributed by atoms with Crippen LogP contribution >= 0.6 is 0 Å². The number of aromatic amines is 1. The van der Waals surface area contributed by atoms with Gasteiger partial charge in [0.1, 0.15) is 17.5 Å². The van der Waals surface area contributed by atoms with Gasteiger partial charge in [0, 0.05) is 61.4 Å². The van der Waals surface area contributed by atoms with E-state index in [1.807, 2.05) is 93.9 Å². The minimum atomic E-state index is -0.844. The molecule has 3 aromatic carbocycles. The first-order chi connectivity index (χ1) is 21.3. The minimum Gasteiger partial charge on any atom is -0.497 e. The average Bonchev–Trinajstić information content (AvgIpc) is 3.47. The van der Waals surface area contributed by atoms with E-state index in [2.05, 4.69) is 25.4 Å². The third-order valence-electron chi connectivity index (χ3n) is 8.20. The lowest BCUT2D eigenvalue weighted by molar-refractivity contribution is -0.118. The molecule has 1 saturated heterocycles. The van der Waals surface area contributed by atoms with Crippen LogP contribution in [0.2, 0.25) is 0 Å². The van der Waals surface area contributed by atoms with E-state index in [1.165, 1.54) is 0 Å². The van der Waals surface area contributed by atoms with Gasteiger partial charge in [-0.25, -0.2) is 4.79 Å². The topological polar surface area (TPSA) is 102 Å². The zero-order valence-corrected chi connectivity index (χ0v) is 26.1. The van der Waals surface area contributed by atoms with Gasteiger partial charge in [-0.05, 0) is 67.7 Å². The van der Waals surface area contributed by atoms with Crippen LogP contribution in [-0.4, -0.2) is 87.3 Å². The number of nitrogens with zero attached hydrogens (tertiary/aromatic N) is 3. The van der Waals surface area contributed by atoms with Gasteiger partial charge in [-0.2, -0.15) is 0 Å². The lowest BCUT2D eigenvalue weighted by atomic mass is 9.92. The van der Waals surface area contributed by atoms with Crippen molar-refractivity contribution in [2.45, 2.75) is 25.4 Å². The van der Waals surface area contributed by atoms with Crippen LogP contribution in [0.15, 0.2) is 72.9 Å². The van der Waals surface area contributed by atoms with Crippen molar-refractivity contribution in [3.05, 3.63) is 84.1 Å². The molecule has 0 aliphatic carbocycles. The Kier molecular flexibility index (Phi) is 9.59. The standard InChI is InChI=1S/C34H42N6O4/c1-23(28-21-35-29-9-7-6-8-27(28)29)32(33(41)36-30-20-24(22-38(2)3)10-15-31(30)44-5)37-34(42)40-18-16-39(17-19-40)25-11-13-26(43-4)14-12-25/h6-15,20-21,23,32,35H,16-19,22H2,1-5H3,(H,36,41)(H,37,42). The number of hydrogen-bond donors (Lipinski definition) is 3. The maximum absolute atomic E-state index is 14.1. The number of carbonyl (C=O) groups excluding carboxylic acids is 2. The van der Waals surface area contributed by atoms with Gasteiger partial charge in [0.05, 0.1) is 19.9 Å². The summed E-state index contributed by atoms with van der Waals surface area (Å²) in [7, 11) is 7.22. The number of rotatable bonds is 10. The van der Waals surface area contributed by atoms with Crippen molar-refractivity contribution in [3.63, 3.8) is 0 Å². The maximum atomic E-state index is 14.1. The van der Waals surface area contributed by atoms with Crippen molar-refractivity contribution in [1.82, 2.24) is 20.1 Å². The van der Waals surface area contributed by atoms with Crippen LogP contribution in [0.1, 0.15) is 24.0 Å². The number of para-hydroxylation sites is 1. The van der Waals surface area contributed by atoms with Crippen LogP contribution in [-0.2, 0) is 11.3 Å². The van der Waals surface area contributed by atoms with Crippen LogP contribution in [0.4, 0.5) is 16.2 Å². The summed E-state index contributed by atoms with van der Waals surface area (Å²) in [4.78, 5) is 37.1. The summed E-state index contributed by atoms with van der Waals surface area (Å²) in [6.45, 7) is 5.12. The zero-order valence-electron chi connectivity index (χ0n) is 26.1. The molecule has 0 spiro atoms. The highest BCUT2D eigenvalue weighted by Crippen LogP contribution is 2.31. The fourth-order valence-corrected chi connectivity index (χ4v) is 5.78. The molecule has 3 N–H and O–H groups in total. The number of methoxy groups -OCH3 is 2. The van der Waals surface area contributed by atoms with Gasteiger partial charge in [-0.1, -0.05) is 31.2 Å². The Morgan fingerprint density at radius 2 is 1.68 bits per heavy atom. The Morgan fingerprint density at radius 1 is 0.955 bits per heavy atom. The number of amides is 3. The Bertz CT molecular complexity index is 1580. The van der Waals surface area contributed by atoms with E-state index >= 15 is 0 Å². The summed E-state index contributed by atoms with van der Waals surface area (Å²) in [6.07, 6.45) is 1.92. The second kappa shape index (κ2) is 13.7.